The molecule has 110 valence electrons. The zero-order valence-corrected chi connectivity index (χ0v) is 12.3. The highest BCUT2D eigenvalue weighted by atomic mass is 32.2. The fourth-order valence-electron chi connectivity index (χ4n) is 3.00. The van der Waals surface area contributed by atoms with Gasteiger partial charge in [0, 0.05) is 38.8 Å². The molecule has 0 radical (unpaired) electrons. The number of hydrogen-bond donors (Lipinski definition) is 1. The first-order valence-electron chi connectivity index (χ1n) is 7.18. The van der Waals surface area contributed by atoms with Crippen LogP contribution in [0.4, 0.5) is 0 Å². The van der Waals surface area contributed by atoms with Gasteiger partial charge in [0.05, 0.1) is 4.90 Å². The number of nitrogens with zero attached hydrogens (tertiary/aromatic N) is 2. The average molecular weight is 295 g/mol. The highest BCUT2D eigenvalue weighted by Crippen LogP contribution is 2.19. The molecule has 1 N–H and O–H groups in total. The first-order valence-corrected chi connectivity index (χ1v) is 8.62. The molecule has 1 unspecified atom stereocenters. The molecule has 0 bridgehead atoms. The highest BCUT2D eigenvalue weighted by Gasteiger charge is 2.31. The summed E-state index contributed by atoms with van der Waals surface area (Å²) in [4.78, 5) is 2.81. The Morgan fingerprint density at radius 2 is 1.75 bits per heavy atom. The van der Waals surface area contributed by atoms with Gasteiger partial charge in [-0.3, -0.25) is 4.90 Å². The Bertz CT molecular complexity index is 533. The molecule has 3 rings (SSSR count). The number of rotatable bonds is 3. The van der Waals surface area contributed by atoms with E-state index in [4.69, 9.17) is 0 Å². The molecule has 1 aromatic rings. The number of hydrogen-bond acceptors (Lipinski definition) is 4. The molecular formula is C14H21N3O2S. The molecule has 0 aliphatic carbocycles. The van der Waals surface area contributed by atoms with Crippen molar-refractivity contribution in [2.75, 3.05) is 39.3 Å². The SMILES string of the molecule is O=S(=O)(c1ccccc1)N1CCN(C2CCNC2)CC1. The highest BCUT2D eigenvalue weighted by molar-refractivity contribution is 7.89. The molecule has 2 fully saturated rings. The van der Waals surface area contributed by atoms with E-state index in [9.17, 15) is 8.42 Å². The van der Waals surface area contributed by atoms with Gasteiger partial charge >= 0.3 is 0 Å². The van der Waals surface area contributed by atoms with Gasteiger partial charge in [0.2, 0.25) is 10.0 Å². The zero-order chi connectivity index (χ0) is 14.0. The molecule has 0 amide bonds. The molecule has 1 atom stereocenters. The average Bonchev–Trinajstić information content (AvgIpc) is 3.02. The Balaban J connectivity index is 1.65. The Hall–Kier alpha value is -0.950. The predicted octanol–water partition coefficient (Wildman–Crippen LogP) is 0.355. The molecule has 5 nitrogen and oxygen atoms in total. The van der Waals surface area contributed by atoms with Crippen molar-refractivity contribution < 1.29 is 8.42 Å². The summed E-state index contributed by atoms with van der Waals surface area (Å²) in [5.74, 6) is 0. The quantitative estimate of drug-likeness (QED) is 0.874. The molecule has 2 saturated heterocycles. The lowest BCUT2D eigenvalue weighted by Crippen LogP contribution is -2.52. The molecule has 0 saturated carbocycles. The Morgan fingerprint density at radius 3 is 2.35 bits per heavy atom. The van der Waals surface area contributed by atoms with Gasteiger partial charge in [0.15, 0.2) is 0 Å². The summed E-state index contributed by atoms with van der Waals surface area (Å²) in [5.41, 5.74) is 0. The number of nitrogens with one attached hydrogen (secondary N) is 1. The van der Waals surface area contributed by atoms with Crippen LogP contribution in [0.2, 0.25) is 0 Å². The number of sulfonamides is 1. The first kappa shape index (κ1) is 14.0. The van der Waals surface area contributed by atoms with Crippen molar-refractivity contribution in [2.24, 2.45) is 0 Å². The standard InChI is InChI=1S/C14H21N3O2S/c18-20(19,14-4-2-1-3-5-14)17-10-8-16(9-11-17)13-6-7-15-12-13/h1-5,13,15H,6-12H2. The summed E-state index contributed by atoms with van der Waals surface area (Å²) >= 11 is 0. The van der Waals surface area contributed by atoms with Crippen LogP contribution in [0, 0.1) is 0 Å². The van der Waals surface area contributed by atoms with Crippen molar-refractivity contribution in [3.8, 4) is 0 Å². The van der Waals surface area contributed by atoms with Crippen LogP contribution >= 0.6 is 0 Å². The largest absolute Gasteiger partial charge is 0.315 e. The maximum atomic E-state index is 12.5. The summed E-state index contributed by atoms with van der Waals surface area (Å²) in [7, 11) is -3.32. The fraction of sp³-hybridized carbons (Fsp3) is 0.571. The van der Waals surface area contributed by atoms with Crippen LogP contribution < -0.4 is 5.32 Å². The van der Waals surface area contributed by atoms with Crippen LogP contribution in [0.5, 0.6) is 0 Å². The third-order valence-corrected chi connectivity index (χ3v) is 6.12. The molecular weight excluding hydrogens is 274 g/mol. The van der Waals surface area contributed by atoms with Gasteiger partial charge in [0.25, 0.3) is 0 Å². The minimum atomic E-state index is -3.32. The first-order chi connectivity index (χ1) is 9.68. The summed E-state index contributed by atoms with van der Waals surface area (Å²) in [5, 5.41) is 3.36. The summed E-state index contributed by atoms with van der Waals surface area (Å²) in [6.45, 7) is 4.96. The van der Waals surface area contributed by atoms with E-state index in [0.717, 1.165) is 26.2 Å². The molecule has 1 aromatic carbocycles. The van der Waals surface area contributed by atoms with Crippen LogP contribution in [0.3, 0.4) is 0 Å². The normalized spacial score (nSPS) is 25.9. The van der Waals surface area contributed by atoms with E-state index < -0.39 is 10.0 Å². The fourth-order valence-corrected chi connectivity index (χ4v) is 4.44. The second-order valence-electron chi connectivity index (χ2n) is 5.40. The van der Waals surface area contributed by atoms with Crippen LogP contribution in [0.1, 0.15) is 6.42 Å². The van der Waals surface area contributed by atoms with E-state index in [2.05, 4.69) is 10.2 Å². The van der Waals surface area contributed by atoms with Gasteiger partial charge in [0.1, 0.15) is 0 Å². The Kier molecular flexibility index (Phi) is 4.07. The lowest BCUT2D eigenvalue weighted by Gasteiger charge is -2.37. The second-order valence-corrected chi connectivity index (χ2v) is 7.34. The van der Waals surface area contributed by atoms with Crippen molar-refractivity contribution in [3.63, 3.8) is 0 Å². The van der Waals surface area contributed by atoms with E-state index in [1.54, 1.807) is 28.6 Å². The molecule has 0 spiro atoms. The number of piperazine rings is 1. The minimum absolute atomic E-state index is 0.399. The van der Waals surface area contributed by atoms with Crippen LogP contribution in [0.15, 0.2) is 35.2 Å². The van der Waals surface area contributed by atoms with Crippen molar-refractivity contribution in [1.82, 2.24) is 14.5 Å². The van der Waals surface area contributed by atoms with Crippen LogP contribution in [0.25, 0.3) is 0 Å². The van der Waals surface area contributed by atoms with Crippen molar-refractivity contribution >= 4 is 10.0 Å². The van der Waals surface area contributed by atoms with E-state index in [0.29, 0.717) is 24.0 Å². The lowest BCUT2D eigenvalue weighted by molar-refractivity contribution is 0.145. The van der Waals surface area contributed by atoms with Gasteiger partial charge in [-0.25, -0.2) is 8.42 Å². The Morgan fingerprint density at radius 1 is 1.05 bits per heavy atom. The Labute approximate surface area is 120 Å². The van der Waals surface area contributed by atoms with E-state index in [1.807, 2.05) is 6.07 Å². The summed E-state index contributed by atoms with van der Waals surface area (Å²) in [6.07, 6.45) is 1.17. The summed E-state index contributed by atoms with van der Waals surface area (Å²) < 4.78 is 26.6. The molecule has 0 aromatic heterocycles. The second kappa shape index (κ2) is 5.81. The van der Waals surface area contributed by atoms with Gasteiger partial charge < -0.3 is 5.32 Å². The van der Waals surface area contributed by atoms with E-state index in [-0.39, 0.29) is 0 Å². The van der Waals surface area contributed by atoms with E-state index >= 15 is 0 Å². The topological polar surface area (TPSA) is 52.7 Å². The third-order valence-electron chi connectivity index (χ3n) is 4.20. The van der Waals surface area contributed by atoms with Gasteiger partial charge in [-0.15, -0.1) is 0 Å². The van der Waals surface area contributed by atoms with Crippen LogP contribution in [-0.2, 0) is 10.0 Å². The van der Waals surface area contributed by atoms with Gasteiger partial charge in [-0.2, -0.15) is 4.31 Å². The molecule has 2 aliphatic heterocycles. The number of benzene rings is 1. The van der Waals surface area contributed by atoms with Crippen molar-refractivity contribution in [2.45, 2.75) is 17.4 Å². The molecule has 2 aliphatic rings. The molecule has 2 heterocycles. The predicted molar refractivity (Wildman–Crippen MR) is 78.0 cm³/mol. The van der Waals surface area contributed by atoms with E-state index in [1.165, 1.54) is 6.42 Å². The molecule has 20 heavy (non-hydrogen) atoms. The third kappa shape index (κ3) is 2.74. The maximum Gasteiger partial charge on any atom is 0.243 e. The lowest BCUT2D eigenvalue weighted by atomic mass is 10.2. The van der Waals surface area contributed by atoms with Gasteiger partial charge in [-0.05, 0) is 25.1 Å². The van der Waals surface area contributed by atoms with Crippen molar-refractivity contribution in [3.05, 3.63) is 30.3 Å². The van der Waals surface area contributed by atoms with Crippen molar-refractivity contribution in [1.29, 1.82) is 0 Å². The van der Waals surface area contributed by atoms with Crippen LogP contribution in [-0.4, -0.2) is 62.9 Å². The summed E-state index contributed by atoms with van der Waals surface area (Å²) in [6, 6.07) is 9.30. The van der Waals surface area contributed by atoms with Gasteiger partial charge in [-0.1, -0.05) is 18.2 Å². The zero-order valence-electron chi connectivity index (χ0n) is 11.5. The molecule has 6 heteroatoms. The maximum absolute atomic E-state index is 12.5. The smallest absolute Gasteiger partial charge is 0.243 e. The minimum Gasteiger partial charge on any atom is -0.315 e. The monoisotopic (exact) mass is 295 g/mol.